The molecule has 0 saturated heterocycles. The zero-order valence-corrected chi connectivity index (χ0v) is 19.8. The first-order chi connectivity index (χ1) is 17.4. The summed E-state index contributed by atoms with van der Waals surface area (Å²) in [6, 6.07) is 12.6. The van der Waals surface area contributed by atoms with Crippen LogP contribution in [0.2, 0.25) is 0 Å². The second-order valence-electron chi connectivity index (χ2n) is 8.38. The van der Waals surface area contributed by atoms with Crippen LogP contribution in [-0.2, 0) is 11.8 Å². The Labute approximate surface area is 206 Å². The van der Waals surface area contributed by atoms with Gasteiger partial charge in [0.2, 0.25) is 0 Å². The van der Waals surface area contributed by atoms with Crippen LogP contribution in [-0.4, -0.2) is 63.0 Å². The second-order valence-corrected chi connectivity index (χ2v) is 8.38. The van der Waals surface area contributed by atoms with Crippen LogP contribution in [0, 0.1) is 6.92 Å². The molecule has 184 valence electrons. The molecule has 36 heavy (non-hydrogen) atoms. The number of fused-ring (bicyclic) bond motifs is 2. The van der Waals surface area contributed by atoms with E-state index in [4.69, 9.17) is 19.7 Å². The summed E-state index contributed by atoms with van der Waals surface area (Å²) in [5.74, 6) is 0.896. The lowest BCUT2D eigenvalue weighted by Crippen LogP contribution is -2.22. The van der Waals surface area contributed by atoms with Gasteiger partial charge in [-0.15, -0.1) is 0 Å². The number of aryl methyl sites for hydroxylation is 1. The molecule has 0 amide bonds. The molecule has 10 nitrogen and oxygen atoms in total. The number of aliphatic hydroxyl groups excluding tert-OH is 1. The van der Waals surface area contributed by atoms with Crippen molar-refractivity contribution in [1.29, 1.82) is 0 Å². The minimum Gasteiger partial charge on any atom is -0.486 e. The Bertz CT molecular complexity index is 1480. The second kappa shape index (κ2) is 9.67. The maximum absolute atomic E-state index is 11.1. The van der Waals surface area contributed by atoms with Crippen LogP contribution >= 0.6 is 0 Å². The minimum absolute atomic E-state index is 0.534. The number of pyridine rings is 1. The fourth-order valence-corrected chi connectivity index (χ4v) is 4.09. The highest BCUT2D eigenvalue weighted by atomic mass is 16.6. The van der Waals surface area contributed by atoms with E-state index in [0.29, 0.717) is 30.1 Å². The Morgan fingerprint density at radius 3 is 2.81 bits per heavy atom. The summed E-state index contributed by atoms with van der Waals surface area (Å²) >= 11 is 0. The molecule has 0 spiro atoms. The van der Waals surface area contributed by atoms with E-state index in [1.165, 1.54) is 6.21 Å². The summed E-state index contributed by atoms with van der Waals surface area (Å²) in [5.41, 5.74) is 6.03. The molecule has 4 aromatic rings. The predicted molar refractivity (Wildman–Crippen MR) is 136 cm³/mol. The van der Waals surface area contributed by atoms with Gasteiger partial charge in [-0.25, -0.2) is 9.78 Å². The molecule has 3 heterocycles. The standard InChI is InChI=1S/C26H25N5O5/c1-15-18(17-6-7-22-23(11-17)36-9-8-35-22)4-3-5-19(15)29-25-24-21(31(2)30-25)10-16(13-28-24)12-27-20(14-32)26(33)34/h3-7,10-13,20,32H,8-9,14H2,1-2H3,(H,29,30)(H,33,34)/t20-/m1/s1. The molecule has 1 atom stereocenters. The molecule has 2 aromatic heterocycles. The minimum atomic E-state index is -1.21. The van der Waals surface area contributed by atoms with Gasteiger partial charge in [0.15, 0.2) is 23.4 Å². The van der Waals surface area contributed by atoms with Crippen LogP contribution < -0.4 is 14.8 Å². The Hall–Kier alpha value is -4.44. The van der Waals surface area contributed by atoms with E-state index in [2.05, 4.69) is 26.5 Å². The summed E-state index contributed by atoms with van der Waals surface area (Å²) < 4.78 is 13.1. The molecular weight excluding hydrogens is 462 g/mol. The molecular formula is C26H25N5O5. The summed E-state index contributed by atoms with van der Waals surface area (Å²) in [7, 11) is 1.81. The molecule has 0 unspecified atom stereocenters. The van der Waals surface area contributed by atoms with Crippen LogP contribution in [0.25, 0.3) is 22.2 Å². The van der Waals surface area contributed by atoms with Crippen molar-refractivity contribution in [3.05, 3.63) is 59.8 Å². The molecule has 1 aliphatic rings. The summed E-state index contributed by atoms with van der Waals surface area (Å²) in [4.78, 5) is 19.5. The molecule has 0 saturated carbocycles. The molecule has 5 rings (SSSR count). The lowest BCUT2D eigenvalue weighted by Gasteiger charge is -2.19. The van der Waals surface area contributed by atoms with Gasteiger partial charge in [0.05, 0.1) is 12.1 Å². The molecule has 1 aliphatic heterocycles. The first-order valence-corrected chi connectivity index (χ1v) is 11.4. The first kappa shape index (κ1) is 23.3. The number of ether oxygens (including phenoxy) is 2. The molecule has 0 bridgehead atoms. The average molecular weight is 488 g/mol. The van der Waals surface area contributed by atoms with E-state index in [-0.39, 0.29) is 0 Å². The van der Waals surface area contributed by atoms with Crippen molar-refractivity contribution in [2.45, 2.75) is 13.0 Å². The zero-order chi connectivity index (χ0) is 25.2. The Balaban J connectivity index is 1.44. The number of nitrogens with one attached hydrogen (secondary N) is 1. The van der Waals surface area contributed by atoms with E-state index in [9.17, 15) is 4.79 Å². The molecule has 3 N–H and O–H groups in total. The number of aromatic nitrogens is 3. The van der Waals surface area contributed by atoms with E-state index in [0.717, 1.165) is 39.4 Å². The highest BCUT2D eigenvalue weighted by Gasteiger charge is 2.17. The summed E-state index contributed by atoms with van der Waals surface area (Å²) in [5, 5.41) is 26.2. The number of aliphatic imine (C=N–C) groups is 1. The van der Waals surface area contributed by atoms with Crippen LogP contribution in [0.5, 0.6) is 11.5 Å². The number of rotatable bonds is 7. The van der Waals surface area contributed by atoms with Gasteiger partial charge in [0.1, 0.15) is 18.7 Å². The predicted octanol–water partition coefficient (Wildman–Crippen LogP) is 3.32. The topological polar surface area (TPSA) is 131 Å². The number of aliphatic carboxylic acids is 1. The molecule has 0 radical (unpaired) electrons. The van der Waals surface area contributed by atoms with Gasteiger partial charge >= 0.3 is 5.97 Å². The van der Waals surface area contributed by atoms with Gasteiger partial charge in [0.25, 0.3) is 0 Å². The monoisotopic (exact) mass is 487 g/mol. The smallest absolute Gasteiger partial charge is 0.330 e. The Morgan fingerprint density at radius 1 is 1.22 bits per heavy atom. The van der Waals surface area contributed by atoms with Gasteiger partial charge in [-0.05, 0) is 47.9 Å². The van der Waals surface area contributed by atoms with Crippen molar-refractivity contribution in [1.82, 2.24) is 14.8 Å². The number of nitrogens with zero attached hydrogens (tertiary/aromatic N) is 4. The fourth-order valence-electron chi connectivity index (χ4n) is 4.09. The zero-order valence-electron chi connectivity index (χ0n) is 19.8. The maximum atomic E-state index is 11.1. The van der Waals surface area contributed by atoms with Crippen molar-refractivity contribution >= 4 is 34.7 Å². The SMILES string of the molecule is Cc1c(Nc2nn(C)c3cc(C=N[C@H](CO)C(=O)O)cnc23)cccc1-c1ccc2c(c1)OCCO2. The number of benzene rings is 2. The van der Waals surface area contributed by atoms with E-state index in [1.54, 1.807) is 10.9 Å². The number of carboxylic acid groups (broad SMARTS) is 1. The van der Waals surface area contributed by atoms with Crippen LogP contribution in [0.1, 0.15) is 11.1 Å². The van der Waals surface area contributed by atoms with Crippen LogP contribution in [0.4, 0.5) is 11.5 Å². The third kappa shape index (κ3) is 4.46. The normalized spacial score (nSPS) is 13.8. The van der Waals surface area contributed by atoms with Gasteiger partial charge < -0.3 is 25.0 Å². The van der Waals surface area contributed by atoms with Crippen molar-refractivity contribution in [2.24, 2.45) is 12.0 Å². The van der Waals surface area contributed by atoms with Crippen molar-refractivity contribution in [3.63, 3.8) is 0 Å². The van der Waals surface area contributed by atoms with Gasteiger partial charge in [0, 0.05) is 30.7 Å². The lowest BCUT2D eigenvalue weighted by atomic mass is 9.98. The fraction of sp³-hybridized carbons (Fsp3) is 0.231. The summed E-state index contributed by atoms with van der Waals surface area (Å²) in [6.45, 7) is 2.55. The Kier molecular flexibility index (Phi) is 6.26. The average Bonchev–Trinajstić information content (AvgIpc) is 3.19. The highest BCUT2D eigenvalue weighted by Crippen LogP contribution is 2.37. The van der Waals surface area contributed by atoms with E-state index < -0.39 is 18.6 Å². The largest absolute Gasteiger partial charge is 0.486 e. The number of anilines is 2. The summed E-state index contributed by atoms with van der Waals surface area (Å²) in [6.07, 6.45) is 2.98. The molecule has 2 aromatic carbocycles. The number of hydrogen-bond donors (Lipinski definition) is 3. The van der Waals surface area contributed by atoms with Gasteiger partial charge in [-0.2, -0.15) is 5.10 Å². The quantitative estimate of drug-likeness (QED) is 0.338. The van der Waals surface area contributed by atoms with Gasteiger partial charge in [-0.1, -0.05) is 18.2 Å². The van der Waals surface area contributed by atoms with E-state index in [1.807, 2.05) is 50.4 Å². The van der Waals surface area contributed by atoms with Crippen LogP contribution in [0.3, 0.4) is 0 Å². The molecule has 10 heteroatoms. The van der Waals surface area contributed by atoms with Gasteiger partial charge in [-0.3, -0.25) is 9.67 Å². The number of hydrogen-bond acceptors (Lipinski definition) is 8. The number of carbonyl (C=O) groups is 1. The van der Waals surface area contributed by atoms with Crippen molar-refractivity contribution in [3.8, 4) is 22.6 Å². The number of carboxylic acids is 1. The third-order valence-corrected chi connectivity index (χ3v) is 6.01. The molecule has 0 aliphatic carbocycles. The Morgan fingerprint density at radius 2 is 2.03 bits per heavy atom. The highest BCUT2D eigenvalue weighted by molar-refractivity contribution is 5.93. The maximum Gasteiger partial charge on any atom is 0.330 e. The van der Waals surface area contributed by atoms with Crippen molar-refractivity contribution < 1.29 is 24.5 Å². The third-order valence-electron chi connectivity index (χ3n) is 6.01. The van der Waals surface area contributed by atoms with Crippen LogP contribution in [0.15, 0.2) is 53.7 Å². The molecule has 0 fully saturated rings. The van der Waals surface area contributed by atoms with Crippen molar-refractivity contribution in [2.75, 3.05) is 25.1 Å². The first-order valence-electron chi connectivity index (χ1n) is 11.4. The van der Waals surface area contributed by atoms with E-state index >= 15 is 0 Å². The number of aliphatic hydroxyl groups is 1. The lowest BCUT2D eigenvalue weighted by molar-refractivity contribution is -0.139.